The molecular formula is C15H15F3N6O. The van der Waals surface area contributed by atoms with Gasteiger partial charge in [-0.25, -0.2) is 9.50 Å². The molecule has 3 aromatic heterocycles. The molecule has 0 aliphatic rings. The number of nitrogens with zero attached hydrogens (tertiary/aromatic N) is 6. The van der Waals surface area contributed by atoms with Crippen molar-refractivity contribution in [3.05, 3.63) is 47.2 Å². The van der Waals surface area contributed by atoms with Gasteiger partial charge in [-0.2, -0.15) is 23.4 Å². The minimum Gasteiger partial charge on any atom is -0.334 e. The van der Waals surface area contributed by atoms with Crippen LogP contribution < -0.4 is 0 Å². The molecule has 132 valence electrons. The summed E-state index contributed by atoms with van der Waals surface area (Å²) in [4.78, 5) is 17.9. The van der Waals surface area contributed by atoms with Crippen LogP contribution >= 0.6 is 0 Å². The number of carbonyl (C=O) groups excluding carboxylic acids is 1. The molecule has 0 unspecified atom stereocenters. The molecule has 0 spiro atoms. The number of rotatable bonds is 3. The number of halogens is 3. The summed E-state index contributed by atoms with van der Waals surface area (Å²) in [5.74, 6) is -0.502. The fourth-order valence-electron chi connectivity index (χ4n) is 2.47. The average molecular weight is 352 g/mol. The Kier molecular flexibility index (Phi) is 3.97. The number of carbonyl (C=O) groups is 1. The molecule has 0 fully saturated rings. The van der Waals surface area contributed by atoms with Crippen LogP contribution in [-0.4, -0.2) is 42.2 Å². The van der Waals surface area contributed by atoms with Crippen LogP contribution in [0, 0.1) is 6.92 Å². The first-order valence-electron chi connectivity index (χ1n) is 7.34. The second-order valence-corrected chi connectivity index (χ2v) is 5.69. The summed E-state index contributed by atoms with van der Waals surface area (Å²) in [7, 11) is 3.28. The van der Waals surface area contributed by atoms with Crippen LogP contribution in [0.25, 0.3) is 5.65 Å². The Morgan fingerprint density at radius 2 is 2.04 bits per heavy atom. The number of hydrogen-bond donors (Lipinski definition) is 0. The molecule has 10 heteroatoms. The molecule has 25 heavy (non-hydrogen) atoms. The van der Waals surface area contributed by atoms with Crippen LogP contribution in [-0.2, 0) is 19.8 Å². The molecule has 3 aromatic rings. The van der Waals surface area contributed by atoms with Gasteiger partial charge in [0.05, 0.1) is 12.2 Å². The molecule has 0 saturated carbocycles. The summed E-state index contributed by atoms with van der Waals surface area (Å²) in [5, 5.41) is 7.82. The third-order valence-electron chi connectivity index (χ3n) is 3.73. The lowest BCUT2D eigenvalue weighted by Crippen LogP contribution is -2.27. The van der Waals surface area contributed by atoms with E-state index in [0.717, 1.165) is 11.8 Å². The number of amides is 1. The van der Waals surface area contributed by atoms with Crippen molar-refractivity contribution in [2.45, 2.75) is 19.6 Å². The van der Waals surface area contributed by atoms with Crippen molar-refractivity contribution in [3.8, 4) is 0 Å². The molecule has 0 aliphatic heterocycles. The van der Waals surface area contributed by atoms with Crippen LogP contribution in [0.2, 0.25) is 0 Å². The Balaban J connectivity index is 1.96. The summed E-state index contributed by atoms with van der Waals surface area (Å²) in [6, 6.07) is 3.90. The van der Waals surface area contributed by atoms with E-state index in [1.54, 1.807) is 31.0 Å². The predicted octanol–water partition coefficient (Wildman–Crippen LogP) is 2.06. The van der Waals surface area contributed by atoms with Gasteiger partial charge in [0, 0.05) is 32.1 Å². The van der Waals surface area contributed by atoms with Crippen LogP contribution in [0.4, 0.5) is 13.2 Å². The zero-order chi connectivity index (χ0) is 18.4. The Morgan fingerprint density at radius 3 is 2.64 bits per heavy atom. The Hall–Kier alpha value is -2.91. The number of alkyl halides is 3. The Morgan fingerprint density at radius 1 is 1.32 bits per heavy atom. The number of hydrogen-bond acceptors (Lipinski definition) is 4. The first-order chi connectivity index (χ1) is 11.7. The molecular weight excluding hydrogens is 337 g/mol. The van der Waals surface area contributed by atoms with Gasteiger partial charge in [0.1, 0.15) is 5.69 Å². The maximum absolute atomic E-state index is 13.2. The number of aryl methyl sites for hydroxylation is 2. The molecule has 3 rings (SSSR count). The normalized spacial score (nSPS) is 11.9. The van der Waals surface area contributed by atoms with E-state index < -0.39 is 17.8 Å². The highest BCUT2D eigenvalue weighted by Gasteiger charge is 2.35. The van der Waals surface area contributed by atoms with Gasteiger partial charge in [0.2, 0.25) is 0 Å². The third kappa shape index (κ3) is 3.19. The topological polar surface area (TPSA) is 68.3 Å². The molecule has 0 atom stereocenters. The van der Waals surface area contributed by atoms with Gasteiger partial charge in [-0.3, -0.25) is 9.48 Å². The maximum atomic E-state index is 13.2. The van der Waals surface area contributed by atoms with Crippen molar-refractivity contribution >= 4 is 11.6 Å². The largest absolute Gasteiger partial charge is 0.433 e. The average Bonchev–Trinajstić information content (AvgIpc) is 3.11. The van der Waals surface area contributed by atoms with Gasteiger partial charge in [0.15, 0.2) is 11.3 Å². The second kappa shape index (κ2) is 5.87. The van der Waals surface area contributed by atoms with E-state index >= 15 is 0 Å². The smallest absolute Gasteiger partial charge is 0.334 e. The third-order valence-corrected chi connectivity index (χ3v) is 3.73. The van der Waals surface area contributed by atoms with Crippen molar-refractivity contribution in [1.82, 2.24) is 29.3 Å². The van der Waals surface area contributed by atoms with Crippen LogP contribution in [0.5, 0.6) is 0 Å². The van der Waals surface area contributed by atoms with Crippen LogP contribution in [0.3, 0.4) is 0 Å². The summed E-state index contributed by atoms with van der Waals surface area (Å²) in [5.41, 5.74) is -0.118. The standard InChI is InChI=1S/C15H15F3N6O/c1-9-6-12(15(16,17)18)24-13(20-9)7-11(21-24)14(25)22(2)8-10-4-5-19-23(10)3/h4-7H,8H2,1-3H3. The van der Waals surface area contributed by atoms with Crippen molar-refractivity contribution in [3.63, 3.8) is 0 Å². The lowest BCUT2D eigenvalue weighted by molar-refractivity contribution is -0.142. The lowest BCUT2D eigenvalue weighted by Gasteiger charge is -2.15. The lowest BCUT2D eigenvalue weighted by atomic mass is 10.3. The van der Waals surface area contributed by atoms with E-state index in [1.165, 1.54) is 17.9 Å². The highest BCUT2D eigenvalue weighted by Crippen LogP contribution is 2.30. The summed E-state index contributed by atoms with van der Waals surface area (Å²) < 4.78 is 41.8. The van der Waals surface area contributed by atoms with Gasteiger partial charge in [-0.15, -0.1) is 0 Å². The number of fused-ring (bicyclic) bond motifs is 1. The molecule has 7 nitrogen and oxygen atoms in total. The van der Waals surface area contributed by atoms with Crippen LogP contribution in [0.15, 0.2) is 24.4 Å². The predicted molar refractivity (Wildman–Crippen MR) is 81.7 cm³/mol. The van der Waals surface area contributed by atoms with Gasteiger partial charge in [0.25, 0.3) is 5.91 Å². The number of aromatic nitrogens is 5. The molecule has 1 amide bonds. The van der Waals surface area contributed by atoms with E-state index in [9.17, 15) is 18.0 Å². The highest BCUT2D eigenvalue weighted by atomic mass is 19.4. The Bertz CT molecular complexity index is 943. The van der Waals surface area contributed by atoms with Crippen molar-refractivity contribution in [1.29, 1.82) is 0 Å². The minimum absolute atomic E-state index is 0.0235. The fourth-order valence-corrected chi connectivity index (χ4v) is 2.47. The van der Waals surface area contributed by atoms with Gasteiger partial charge >= 0.3 is 6.18 Å². The summed E-state index contributed by atoms with van der Waals surface area (Å²) in [6.07, 6.45) is -3.00. The first-order valence-corrected chi connectivity index (χ1v) is 7.34. The Labute approximate surface area is 140 Å². The highest BCUT2D eigenvalue weighted by molar-refractivity contribution is 5.93. The van der Waals surface area contributed by atoms with Crippen LogP contribution in [0.1, 0.15) is 27.6 Å². The first kappa shape index (κ1) is 16.9. The monoisotopic (exact) mass is 352 g/mol. The van der Waals surface area contributed by atoms with E-state index in [4.69, 9.17) is 0 Å². The minimum atomic E-state index is -4.60. The van der Waals surface area contributed by atoms with E-state index in [1.807, 2.05) is 0 Å². The SMILES string of the molecule is Cc1cc(C(F)(F)F)n2nc(C(=O)N(C)Cc3ccnn3C)cc2n1. The van der Waals surface area contributed by atoms with Crippen molar-refractivity contribution < 1.29 is 18.0 Å². The van der Waals surface area contributed by atoms with E-state index in [-0.39, 0.29) is 23.6 Å². The zero-order valence-corrected chi connectivity index (χ0v) is 13.7. The van der Waals surface area contributed by atoms with E-state index in [0.29, 0.717) is 4.52 Å². The zero-order valence-electron chi connectivity index (χ0n) is 13.7. The van der Waals surface area contributed by atoms with Gasteiger partial charge in [-0.05, 0) is 19.1 Å². The molecule has 3 heterocycles. The maximum Gasteiger partial charge on any atom is 0.433 e. The molecule has 0 radical (unpaired) electrons. The molecule has 0 saturated heterocycles. The van der Waals surface area contributed by atoms with Gasteiger partial charge in [-0.1, -0.05) is 0 Å². The summed E-state index contributed by atoms with van der Waals surface area (Å²) >= 11 is 0. The fraction of sp³-hybridized carbons (Fsp3) is 0.333. The quantitative estimate of drug-likeness (QED) is 0.724. The second-order valence-electron chi connectivity index (χ2n) is 5.69. The van der Waals surface area contributed by atoms with Gasteiger partial charge < -0.3 is 4.90 Å². The summed E-state index contributed by atoms with van der Waals surface area (Å²) in [6.45, 7) is 1.71. The molecule has 0 N–H and O–H groups in total. The van der Waals surface area contributed by atoms with Crippen molar-refractivity contribution in [2.24, 2.45) is 7.05 Å². The van der Waals surface area contributed by atoms with E-state index in [2.05, 4.69) is 15.2 Å². The van der Waals surface area contributed by atoms with Crippen molar-refractivity contribution in [2.75, 3.05) is 7.05 Å². The molecule has 0 aliphatic carbocycles. The molecule has 0 bridgehead atoms. The molecule has 0 aromatic carbocycles.